The van der Waals surface area contributed by atoms with Gasteiger partial charge in [0.05, 0.1) is 42.3 Å². The summed E-state index contributed by atoms with van der Waals surface area (Å²) in [6.45, 7) is -0.133. The Hall–Kier alpha value is -2.66. The summed E-state index contributed by atoms with van der Waals surface area (Å²) >= 11 is 0. The summed E-state index contributed by atoms with van der Waals surface area (Å²) in [6.07, 6.45) is 4.87. The smallest absolute Gasteiger partial charge is 0.241 e. The first kappa shape index (κ1) is 21.1. The number of sulfonamides is 1. The fourth-order valence-electron chi connectivity index (χ4n) is 2.82. The van der Waals surface area contributed by atoms with Gasteiger partial charge in [0.25, 0.3) is 0 Å². The second-order valence-corrected chi connectivity index (χ2v) is 8.14. The number of nitrogens with one attached hydrogen (secondary N) is 2. The van der Waals surface area contributed by atoms with Crippen LogP contribution < -0.4 is 10.0 Å². The van der Waals surface area contributed by atoms with Crippen LogP contribution in [0.3, 0.4) is 0 Å². The SMILES string of the molecule is O=C(C[C@H]1C=C[C@@H](NS(=O)(=O)c2ccccc2)[C@H](CO)O1)NCc1ccncn1. The van der Waals surface area contributed by atoms with Crippen LogP contribution in [0.15, 0.2) is 66.0 Å². The highest BCUT2D eigenvalue weighted by Crippen LogP contribution is 2.18. The van der Waals surface area contributed by atoms with E-state index < -0.39 is 34.9 Å². The second-order valence-electron chi connectivity index (χ2n) is 6.42. The third kappa shape index (κ3) is 5.91. The Kier molecular flexibility index (Phi) is 7.04. The van der Waals surface area contributed by atoms with E-state index in [1.54, 1.807) is 42.6 Å². The van der Waals surface area contributed by atoms with Gasteiger partial charge in [0, 0.05) is 6.20 Å². The summed E-state index contributed by atoms with van der Waals surface area (Å²) in [5, 5.41) is 12.4. The Morgan fingerprint density at radius 2 is 1.97 bits per heavy atom. The van der Waals surface area contributed by atoms with E-state index in [4.69, 9.17) is 4.74 Å². The molecule has 0 bridgehead atoms. The molecule has 9 nitrogen and oxygen atoms in total. The van der Waals surface area contributed by atoms with Gasteiger partial charge >= 0.3 is 0 Å². The Bertz CT molecular complexity index is 938. The van der Waals surface area contributed by atoms with Gasteiger partial charge in [0.2, 0.25) is 15.9 Å². The molecule has 3 rings (SSSR count). The second kappa shape index (κ2) is 9.70. The number of aliphatic hydroxyl groups excluding tert-OH is 1. The van der Waals surface area contributed by atoms with Crippen LogP contribution in [-0.4, -0.2) is 54.3 Å². The molecule has 0 saturated heterocycles. The van der Waals surface area contributed by atoms with Crippen LogP contribution in [0.1, 0.15) is 12.1 Å². The van der Waals surface area contributed by atoms with Crippen molar-refractivity contribution in [1.82, 2.24) is 20.0 Å². The molecule has 1 aromatic heterocycles. The van der Waals surface area contributed by atoms with E-state index >= 15 is 0 Å². The topological polar surface area (TPSA) is 131 Å². The minimum Gasteiger partial charge on any atom is -0.394 e. The molecule has 3 atom stereocenters. The molecule has 2 aromatic rings. The third-order valence-corrected chi connectivity index (χ3v) is 5.78. The third-order valence-electron chi connectivity index (χ3n) is 4.30. The van der Waals surface area contributed by atoms with E-state index in [1.165, 1.54) is 18.5 Å². The number of amides is 1. The van der Waals surface area contributed by atoms with Gasteiger partial charge in [-0.15, -0.1) is 0 Å². The molecule has 0 aliphatic carbocycles. The highest BCUT2D eigenvalue weighted by molar-refractivity contribution is 7.89. The summed E-state index contributed by atoms with van der Waals surface area (Å²) in [5.74, 6) is -0.252. The number of rotatable bonds is 8. The molecular weight excluding hydrogens is 396 g/mol. The van der Waals surface area contributed by atoms with Crippen molar-refractivity contribution in [2.24, 2.45) is 0 Å². The van der Waals surface area contributed by atoms with Crippen molar-refractivity contribution in [3.8, 4) is 0 Å². The van der Waals surface area contributed by atoms with Crippen molar-refractivity contribution in [3.63, 3.8) is 0 Å². The van der Waals surface area contributed by atoms with Crippen molar-refractivity contribution < 1.29 is 23.1 Å². The molecule has 1 aliphatic heterocycles. The normalized spacial score (nSPS) is 21.6. The summed E-state index contributed by atoms with van der Waals surface area (Å²) in [7, 11) is -3.77. The maximum absolute atomic E-state index is 12.5. The molecule has 2 heterocycles. The molecule has 0 fully saturated rings. The van der Waals surface area contributed by atoms with Crippen molar-refractivity contribution in [2.75, 3.05) is 6.61 Å². The summed E-state index contributed by atoms with van der Waals surface area (Å²) in [6, 6.07) is 8.89. The van der Waals surface area contributed by atoms with Gasteiger partial charge in [-0.2, -0.15) is 0 Å². The number of carbonyl (C=O) groups is 1. The molecule has 1 aliphatic rings. The number of hydrogen-bond acceptors (Lipinski definition) is 7. The van der Waals surface area contributed by atoms with E-state index in [2.05, 4.69) is 20.0 Å². The van der Waals surface area contributed by atoms with Crippen LogP contribution in [0.4, 0.5) is 0 Å². The number of aliphatic hydroxyl groups is 1. The fraction of sp³-hybridized carbons (Fsp3) is 0.316. The maximum Gasteiger partial charge on any atom is 0.241 e. The van der Waals surface area contributed by atoms with Crippen molar-refractivity contribution in [3.05, 3.63) is 66.8 Å². The van der Waals surface area contributed by atoms with Gasteiger partial charge in [-0.05, 0) is 18.2 Å². The van der Waals surface area contributed by atoms with Crippen LogP contribution in [0.5, 0.6) is 0 Å². The van der Waals surface area contributed by atoms with Crippen LogP contribution in [0.25, 0.3) is 0 Å². The molecule has 1 amide bonds. The summed E-state index contributed by atoms with van der Waals surface area (Å²) in [5.41, 5.74) is 0.678. The van der Waals surface area contributed by atoms with Gasteiger partial charge < -0.3 is 15.2 Å². The molecule has 10 heteroatoms. The zero-order chi connectivity index (χ0) is 20.7. The molecule has 154 valence electrons. The lowest BCUT2D eigenvalue weighted by molar-refractivity contribution is -0.125. The molecule has 29 heavy (non-hydrogen) atoms. The summed E-state index contributed by atoms with van der Waals surface area (Å²) in [4.78, 5) is 20.1. The number of ether oxygens (including phenoxy) is 1. The maximum atomic E-state index is 12.5. The first-order valence-corrected chi connectivity index (χ1v) is 10.5. The monoisotopic (exact) mass is 418 g/mol. The standard InChI is InChI=1S/C19H22N4O5S/c24-12-18-17(23-29(26,27)16-4-2-1-3-5-16)7-6-15(28-18)10-19(25)21-11-14-8-9-20-13-22-14/h1-9,13,15,17-18,23-24H,10-12H2,(H,21,25)/t15-,17-,18+/m1/s1. The summed E-state index contributed by atoms with van der Waals surface area (Å²) < 4.78 is 33.2. The molecular formula is C19H22N4O5S. The molecule has 0 unspecified atom stereocenters. The lowest BCUT2D eigenvalue weighted by Gasteiger charge is -2.31. The first-order chi connectivity index (χ1) is 14.0. The van der Waals surface area contributed by atoms with Gasteiger partial charge in [-0.1, -0.05) is 30.4 Å². The predicted octanol–water partition coefficient (Wildman–Crippen LogP) is 0.146. The highest BCUT2D eigenvalue weighted by Gasteiger charge is 2.31. The number of aromatic nitrogens is 2. The van der Waals surface area contributed by atoms with Crippen molar-refractivity contribution in [1.29, 1.82) is 0 Å². The number of hydrogen-bond donors (Lipinski definition) is 3. The quantitative estimate of drug-likeness (QED) is 0.520. The average molecular weight is 418 g/mol. The van der Waals surface area contributed by atoms with E-state index in [0.29, 0.717) is 5.69 Å². The lowest BCUT2D eigenvalue weighted by atomic mass is 10.1. The van der Waals surface area contributed by atoms with E-state index in [0.717, 1.165) is 0 Å². The van der Waals surface area contributed by atoms with Crippen LogP contribution in [0, 0.1) is 0 Å². The zero-order valence-corrected chi connectivity index (χ0v) is 16.3. The minimum atomic E-state index is -3.77. The van der Waals surface area contributed by atoms with E-state index in [-0.39, 0.29) is 23.8 Å². The van der Waals surface area contributed by atoms with Crippen molar-refractivity contribution >= 4 is 15.9 Å². The van der Waals surface area contributed by atoms with Crippen LogP contribution in [0.2, 0.25) is 0 Å². The predicted molar refractivity (Wildman–Crippen MR) is 104 cm³/mol. The highest BCUT2D eigenvalue weighted by atomic mass is 32.2. The molecule has 0 spiro atoms. The fourth-order valence-corrected chi connectivity index (χ4v) is 4.06. The largest absolute Gasteiger partial charge is 0.394 e. The Balaban J connectivity index is 1.57. The van der Waals surface area contributed by atoms with Crippen LogP contribution >= 0.6 is 0 Å². The van der Waals surface area contributed by atoms with Crippen LogP contribution in [-0.2, 0) is 26.1 Å². The Morgan fingerprint density at radius 1 is 1.17 bits per heavy atom. The van der Waals surface area contributed by atoms with E-state index in [9.17, 15) is 18.3 Å². The lowest BCUT2D eigenvalue weighted by Crippen LogP contribution is -2.49. The Labute approximate surface area is 168 Å². The van der Waals surface area contributed by atoms with Crippen molar-refractivity contribution in [2.45, 2.75) is 36.1 Å². The molecule has 1 aromatic carbocycles. The average Bonchev–Trinajstić information content (AvgIpc) is 2.74. The number of carbonyl (C=O) groups excluding carboxylic acids is 1. The number of benzene rings is 1. The Morgan fingerprint density at radius 3 is 2.66 bits per heavy atom. The van der Waals surface area contributed by atoms with Gasteiger partial charge in [0.15, 0.2) is 0 Å². The van der Waals surface area contributed by atoms with Gasteiger partial charge in [-0.25, -0.2) is 23.1 Å². The van der Waals surface area contributed by atoms with Gasteiger partial charge in [-0.3, -0.25) is 4.79 Å². The molecule has 0 saturated carbocycles. The zero-order valence-electron chi connectivity index (χ0n) is 15.5. The molecule has 3 N–H and O–H groups in total. The number of nitrogens with zero attached hydrogens (tertiary/aromatic N) is 2. The van der Waals surface area contributed by atoms with E-state index in [1.807, 2.05) is 0 Å². The molecule has 0 radical (unpaired) electrons. The minimum absolute atomic E-state index is 0.0379. The van der Waals surface area contributed by atoms with Gasteiger partial charge in [0.1, 0.15) is 12.4 Å². The first-order valence-electron chi connectivity index (χ1n) is 9.01.